The van der Waals surface area contributed by atoms with Crippen molar-refractivity contribution in [1.82, 2.24) is 0 Å². The summed E-state index contributed by atoms with van der Waals surface area (Å²) in [5, 5.41) is 0. The van der Waals surface area contributed by atoms with Crippen LogP contribution in [0.5, 0.6) is 5.75 Å². The molecule has 0 radical (unpaired) electrons. The summed E-state index contributed by atoms with van der Waals surface area (Å²) in [5.74, 6) is 0.364. The van der Waals surface area contributed by atoms with Gasteiger partial charge in [-0.2, -0.15) is 8.42 Å². The molecule has 1 aromatic carbocycles. The minimum atomic E-state index is -3.44. The highest BCUT2D eigenvalue weighted by Gasteiger charge is 2.19. The summed E-state index contributed by atoms with van der Waals surface area (Å²) in [4.78, 5) is 0. The van der Waals surface area contributed by atoms with Crippen LogP contribution in [0.2, 0.25) is 0 Å². The SMILES string of the molecule is CCCC(C)(C)c1ccc(OS(C)(=O)=O)cc1. The van der Waals surface area contributed by atoms with E-state index in [0.717, 1.165) is 19.1 Å². The summed E-state index contributed by atoms with van der Waals surface area (Å²) in [7, 11) is -3.44. The van der Waals surface area contributed by atoms with Gasteiger partial charge in [0.1, 0.15) is 5.75 Å². The van der Waals surface area contributed by atoms with Crippen LogP contribution in [-0.2, 0) is 15.5 Å². The maximum Gasteiger partial charge on any atom is 0.306 e. The van der Waals surface area contributed by atoms with Gasteiger partial charge in [-0.25, -0.2) is 0 Å². The van der Waals surface area contributed by atoms with Gasteiger partial charge in [-0.05, 0) is 29.5 Å². The lowest BCUT2D eigenvalue weighted by Gasteiger charge is -2.24. The van der Waals surface area contributed by atoms with E-state index in [4.69, 9.17) is 4.18 Å². The van der Waals surface area contributed by atoms with Crippen molar-refractivity contribution in [3.63, 3.8) is 0 Å². The molecule has 1 aromatic rings. The molecule has 17 heavy (non-hydrogen) atoms. The molecular formula is C13H20O3S. The monoisotopic (exact) mass is 256 g/mol. The Balaban J connectivity index is 2.88. The Kier molecular flexibility index (Phi) is 4.20. The first kappa shape index (κ1) is 14.0. The predicted molar refractivity (Wildman–Crippen MR) is 69.8 cm³/mol. The van der Waals surface area contributed by atoms with E-state index in [1.54, 1.807) is 12.1 Å². The second-order valence-electron chi connectivity index (χ2n) is 4.95. The quantitative estimate of drug-likeness (QED) is 0.760. The number of hydrogen-bond acceptors (Lipinski definition) is 3. The first-order valence-corrected chi connectivity index (χ1v) is 7.56. The standard InChI is InChI=1S/C13H20O3S/c1-5-10-13(2,3)11-6-8-12(9-7-11)16-17(4,14)15/h6-9H,5,10H2,1-4H3. The second-order valence-corrected chi connectivity index (χ2v) is 6.52. The molecule has 0 spiro atoms. The maximum absolute atomic E-state index is 11.0. The second kappa shape index (κ2) is 5.08. The van der Waals surface area contributed by atoms with Gasteiger partial charge < -0.3 is 4.18 Å². The molecule has 1 rings (SSSR count). The van der Waals surface area contributed by atoms with Crippen LogP contribution in [0.1, 0.15) is 39.2 Å². The third-order valence-corrected chi connectivity index (χ3v) is 3.25. The van der Waals surface area contributed by atoms with Crippen molar-refractivity contribution in [2.45, 2.75) is 39.0 Å². The van der Waals surface area contributed by atoms with Crippen LogP contribution < -0.4 is 4.18 Å². The summed E-state index contributed by atoms with van der Waals surface area (Å²) in [5.41, 5.74) is 1.30. The largest absolute Gasteiger partial charge is 0.383 e. The molecule has 0 bridgehead atoms. The van der Waals surface area contributed by atoms with E-state index >= 15 is 0 Å². The van der Waals surface area contributed by atoms with E-state index < -0.39 is 10.1 Å². The lowest BCUT2D eigenvalue weighted by molar-refractivity contribution is 0.471. The van der Waals surface area contributed by atoms with Crippen LogP contribution in [0.3, 0.4) is 0 Å². The average molecular weight is 256 g/mol. The van der Waals surface area contributed by atoms with Crippen molar-refractivity contribution in [1.29, 1.82) is 0 Å². The van der Waals surface area contributed by atoms with Gasteiger partial charge in [0, 0.05) is 0 Å². The molecule has 0 unspecified atom stereocenters. The van der Waals surface area contributed by atoms with Crippen molar-refractivity contribution in [3.8, 4) is 5.75 Å². The lowest BCUT2D eigenvalue weighted by atomic mass is 9.81. The third kappa shape index (κ3) is 4.38. The van der Waals surface area contributed by atoms with Crippen LogP contribution in [0.4, 0.5) is 0 Å². The number of rotatable bonds is 5. The molecule has 0 saturated carbocycles. The zero-order valence-electron chi connectivity index (χ0n) is 10.9. The van der Waals surface area contributed by atoms with Crippen LogP contribution in [0.25, 0.3) is 0 Å². The number of benzene rings is 1. The molecule has 0 atom stereocenters. The molecule has 0 aliphatic carbocycles. The first-order valence-electron chi connectivity index (χ1n) is 5.74. The fourth-order valence-corrected chi connectivity index (χ4v) is 2.37. The fourth-order valence-electron chi connectivity index (χ4n) is 1.91. The normalized spacial score (nSPS) is 12.5. The fraction of sp³-hybridized carbons (Fsp3) is 0.538. The summed E-state index contributed by atoms with van der Waals surface area (Å²) in [6.45, 7) is 6.52. The zero-order chi connectivity index (χ0) is 13.1. The molecular weight excluding hydrogens is 236 g/mol. The lowest BCUT2D eigenvalue weighted by Crippen LogP contribution is -2.16. The van der Waals surface area contributed by atoms with E-state index in [9.17, 15) is 8.42 Å². The zero-order valence-corrected chi connectivity index (χ0v) is 11.7. The van der Waals surface area contributed by atoms with Gasteiger partial charge in [0.15, 0.2) is 0 Å². The van der Waals surface area contributed by atoms with Crippen molar-refractivity contribution in [3.05, 3.63) is 29.8 Å². The van der Waals surface area contributed by atoms with Gasteiger partial charge in [-0.15, -0.1) is 0 Å². The Morgan fingerprint density at radius 1 is 1.18 bits per heavy atom. The topological polar surface area (TPSA) is 43.4 Å². The molecule has 0 fully saturated rings. The smallest absolute Gasteiger partial charge is 0.306 e. The molecule has 0 amide bonds. The van der Waals surface area contributed by atoms with Gasteiger partial charge in [0.2, 0.25) is 0 Å². The van der Waals surface area contributed by atoms with Crippen LogP contribution >= 0.6 is 0 Å². The highest BCUT2D eigenvalue weighted by atomic mass is 32.2. The van der Waals surface area contributed by atoms with Crippen LogP contribution in [0.15, 0.2) is 24.3 Å². The van der Waals surface area contributed by atoms with Gasteiger partial charge in [0.25, 0.3) is 0 Å². The van der Waals surface area contributed by atoms with Gasteiger partial charge in [-0.3, -0.25) is 0 Å². The molecule has 0 aliphatic rings. The highest BCUT2D eigenvalue weighted by Crippen LogP contribution is 2.29. The Labute approximate surface area is 104 Å². The molecule has 3 nitrogen and oxygen atoms in total. The van der Waals surface area contributed by atoms with Crippen molar-refractivity contribution in [2.24, 2.45) is 0 Å². The summed E-state index contributed by atoms with van der Waals surface area (Å²) >= 11 is 0. The van der Waals surface area contributed by atoms with E-state index in [1.807, 2.05) is 12.1 Å². The van der Waals surface area contributed by atoms with Crippen LogP contribution in [0, 0.1) is 0 Å². The molecule has 0 N–H and O–H groups in total. The van der Waals surface area contributed by atoms with E-state index in [2.05, 4.69) is 20.8 Å². The van der Waals surface area contributed by atoms with E-state index in [1.165, 1.54) is 5.56 Å². The third-order valence-electron chi connectivity index (χ3n) is 2.76. The van der Waals surface area contributed by atoms with Crippen LogP contribution in [-0.4, -0.2) is 14.7 Å². The highest BCUT2D eigenvalue weighted by molar-refractivity contribution is 7.86. The van der Waals surface area contributed by atoms with Gasteiger partial charge >= 0.3 is 10.1 Å². The number of hydrogen-bond donors (Lipinski definition) is 0. The van der Waals surface area contributed by atoms with E-state index in [0.29, 0.717) is 5.75 Å². The molecule has 0 aromatic heterocycles. The van der Waals surface area contributed by atoms with Crippen molar-refractivity contribution in [2.75, 3.05) is 6.26 Å². The summed E-state index contributed by atoms with van der Waals surface area (Å²) in [6.07, 6.45) is 3.26. The Morgan fingerprint density at radius 3 is 2.12 bits per heavy atom. The predicted octanol–water partition coefficient (Wildman–Crippen LogP) is 3.10. The maximum atomic E-state index is 11.0. The summed E-state index contributed by atoms with van der Waals surface area (Å²) in [6, 6.07) is 7.26. The molecule has 0 saturated heterocycles. The summed E-state index contributed by atoms with van der Waals surface area (Å²) < 4.78 is 26.7. The molecule has 4 heteroatoms. The van der Waals surface area contributed by atoms with Gasteiger partial charge in [-0.1, -0.05) is 39.3 Å². The van der Waals surface area contributed by atoms with Crippen molar-refractivity contribution >= 4 is 10.1 Å². The van der Waals surface area contributed by atoms with Crippen molar-refractivity contribution < 1.29 is 12.6 Å². The molecule has 96 valence electrons. The molecule has 0 heterocycles. The average Bonchev–Trinajstić information content (AvgIpc) is 2.15. The Bertz CT molecular complexity index is 458. The Morgan fingerprint density at radius 2 is 1.71 bits per heavy atom. The minimum absolute atomic E-state index is 0.109. The van der Waals surface area contributed by atoms with E-state index in [-0.39, 0.29) is 5.41 Å². The first-order chi connectivity index (χ1) is 7.74. The Hall–Kier alpha value is -1.03. The minimum Gasteiger partial charge on any atom is -0.383 e. The molecule has 0 aliphatic heterocycles. The van der Waals surface area contributed by atoms with Gasteiger partial charge in [0.05, 0.1) is 6.26 Å².